The maximum atomic E-state index is 9.78. The van der Waals surface area contributed by atoms with Crippen molar-refractivity contribution in [1.82, 2.24) is 10.3 Å². The van der Waals surface area contributed by atoms with Gasteiger partial charge in [-0.3, -0.25) is 0 Å². The van der Waals surface area contributed by atoms with Crippen molar-refractivity contribution in [2.45, 2.75) is 54.2 Å². The average molecular weight is 304 g/mol. The van der Waals surface area contributed by atoms with E-state index < -0.39 is 0 Å². The number of aliphatic hydroxyl groups is 1. The number of nitrogens with one attached hydrogen (secondary N) is 1. The van der Waals surface area contributed by atoms with Crippen molar-refractivity contribution in [1.29, 1.82) is 0 Å². The van der Waals surface area contributed by atoms with Gasteiger partial charge < -0.3 is 14.8 Å². The minimum Gasteiger partial charge on any atom is -0.431 e. The predicted octanol–water partition coefficient (Wildman–Crippen LogP) is 2.96. The van der Waals surface area contributed by atoms with E-state index in [1.807, 2.05) is 24.3 Å². The van der Waals surface area contributed by atoms with Gasteiger partial charge in [-0.2, -0.15) is 0 Å². The highest BCUT2D eigenvalue weighted by molar-refractivity contribution is 7.99. The second-order valence-electron chi connectivity index (χ2n) is 6.29. The molecule has 2 fully saturated rings. The number of oxazole rings is 1. The summed E-state index contributed by atoms with van der Waals surface area (Å²) >= 11 is 1.71. The molecule has 2 saturated carbocycles. The number of fused-ring (bicyclic) bond motifs is 1. The summed E-state index contributed by atoms with van der Waals surface area (Å²) in [6, 6.07) is 8.50. The van der Waals surface area contributed by atoms with Crippen molar-refractivity contribution < 1.29 is 9.52 Å². The highest BCUT2D eigenvalue weighted by atomic mass is 32.2. The number of nitrogens with zero attached hydrogens (tertiary/aromatic N) is 1. The van der Waals surface area contributed by atoms with Crippen molar-refractivity contribution in [3.05, 3.63) is 24.3 Å². The molecule has 0 bridgehead atoms. The molecule has 1 aromatic carbocycles. The maximum absolute atomic E-state index is 9.78. The monoisotopic (exact) mass is 304 g/mol. The molecule has 5 heteroatoms. The normalized spacial score (nSPS) is 29.3. The first-order valence-corrected chi connectivity index (χ1v) is 8.55. The van der Waals surface area contributed by atoms with E-state index in [2.05, 4.69) is 10.3 Å². The van der Waals surface area contributed by atoms with E-state index in [0.29, 0.717) is 11.3 Å². The molecule has 0 spiro atoms. The van der Waals surface area contributed by atoms with Gasteiger partial charge in [0.25, 0.3) is 5.22 Å². The van der Waals surface area contributed by atoms with E-state index in [0.717, 1.165) is 35.6 Å². The van der Waals surface area contributed by atoms with Gasteiger partial charge in [0.15, 0.2) is 5.58 Å². The Morgan fingerprint density at radius 3 is 2.95 bits per heavy atom. The smallest absolute Gasteiger partial charge is 0.257 e. The van der Waals surface area contributed by atoms with Crippen molar-refractivity contribution in [2.75, 3.05) is 6.61 Å². The van der Waals surface area contributed by atoms with Gasteiger partial charge in [0.05, 0.1) is 6.61 Å². The maximum Gasteiger partial charge on any atom is 0.257 e. The molecule has 2 aromatic rings. The fourth-order valence-corrected chi connectivity index (χ4v) is 4.42. The second-order valence-corrected chi connectivity index (χ2v) is 7.54. The van der Waals surface area contributed by atoms with Crippen LogP contribution >= 0.6 is 11.8 Å². The Kier molecular flexibility index (Phi) is 3.44. The molecule has 0 saturated heterocycles. The SMILES string of the molecule is OCC1(NC2CC2)CCC(Sc2nc3ccccc3o2)C1. The summed E-state index contributed by atoms with van der Waals surface area (Å²) in [5.41, 5.74) is 1.69. The van der Waals surface area contributed by atoms with Crippen molar-refractivity contribution >= 4 is 22.9 Å². The Labute approximate surface area is 128 Å². The predicted molar refractivity (Wildman–Crippen MR) is 83.5 cm³/mol. The molecule has 2 aliphatic carbocycles. The minimum absolute atomic E-state index is 0.0785. The average Bonchev–Trinajstić information content (AvgIpc) is 3.07. The first-order valence-electron chi connectivity index (χ1n) is 7.67. The number of hydrogen-bond donors (Lipinski definition) is 2. The molecule has 0 aliphatic heterocycles. The molecule has 2 aliphatic rings. The summed E-state index contributed by atoms with van der Waals surface area (Å²) in [4.78, 5) is 4.54. The van der Waals surface area contributed by atoms with Crippen LogP contribution in [-0.2, 0) is 0 Å². The Hall–Kier alpha value is -1.04. The van der Waals surface area contributed by atoms with Crippen LogP contribution in [0.15, 0.2) is 33.9 Å². The number of benzene rings is 1. The summed E-state index contributed by atoms with van der Waals surface area (Å²) in [7, 11) is 0. The third-order valence-electron chi connectivity index (χ3n) is 4.50. The van der Waals surface area contributed by atoms with E-state index in [-0.39, 0.29) is 12.1 Å². The van der Waals surface area contributed by atoms with Gasteiger partial charge in [-0.05, 0) is 44.2 Å². The summed E-state index contributed by atoms with van der Waals surface area (Å²) in [5, 5.41) is 14.6. The molecule has 4 rings (SSSR count). The lowest BCUT2D eigenvalue weighted by Gasteiger charge is -2.28. The lowest BCUT2D eigenvalue weighted by atomic mass is 9.99. The number of thioether (sulfide) groups is 1. The van der Waals surface area contributed by atoms with Crippen LogP contribution in [0.4, 0.5) is 0 Å². The van der Waals surface area contributed by atoms with Crippen LogP contribution in [0.2, 0.25) is 0 Å². The van der Waals surface area contributed by atoms with E-state index in [9.17, 15) is 5.11 Å². The fourth-order valence-electron chi connectivity index (χ4n) is 3.20. The molecule has 21 heavy (non-hydrogen) atoms. The Morgan fingerprint density at radius 1 is 1.33 bits per heavy atom. The molecule has 2 unspecified atom stereocenters. The van der Waals surface area contributed by atoms with Crippen LogP contribution in [0.1, 0.15) is 32.1 Å². The third kappa shape index (κ3) is 2.82. The first-order chi connectivity index (χ1) is 10.3. The van der Waals surface area contributed by atoms with Crippen LogP contribution in [0.3, 0.4) is 0 Å². The van der Waals surface area contributed by atoms with Crippen LogP contribution in [0, 0.1) is 0 Å². The van der Waals surface area contributed by atoms with Gasteiger partial charge in [-0.1, -0.05) is 23.9 Å². The summed E-state index contributed by atoms with van der Waals surface area (Å²) in [6.45, 7) is 0.230. The van der Waals surface area contributed by atoms with Gasteiger partial charge in [-0.15, -0.1) is 0 Å². The Bertz CT molecular complexity index is 607. The van der Waals surface area contributed by atoms with Crippen molar-refractivity contribution in [2.24, 2.45) is 0 Å². The van der Waals surface area contributed by atoms with Crippen LogP contribution < -0.4 is 5.32 Å². The van der Waals surface area contributed by atoms with E-state index in [1.165, 1.54) is 12.8 Å². The van der Waals surface area contributed by atoms with E-state index in [1.54, 1.807) is 11.8 Å². The zero-order valence-corrected chi connectivity index (χ0v) is 12.7. The molecule has 2 N–H and O–H groups in total. The molecule has 112 valence electrons. The Morgan fingerprint density at radius 2 is 2.19 bits per heavy atom. The number of rotatable bonds is 5. The molecule has 4 nitrogen and oxygen atoms in total. The van der Waals surface area contributed by atoms with Gasteiger partial charge in [0.1, 0.15) is 5.52 Å². The van der Waals surface area contributed by atoms with E-state index >= 15 is 0 Å². The third-order valence-corrected chi connectivity index (χ3v) is 5.61. The molecule has 0 amide bonds. The molecule has 1 heterocycles. The van der Waals surface area contributed by atoms with Crippen molar-refractivity contribution in [3.8, 4) is 0 Å². The zero-order chi connectivity index (χ0) is 14.3. The van der Waals surface area contributed by atoms with Crippen LogP contribution in [0.25, 0.3) is 11.1 Å². The topological polar surface area (TPSA) is 58.3 Å². The minimum atomic E-state index is -0.0785. The van der Waals surface area contributed by atoms with Gasteiger partial charge in [0, 0.05) is 16.8 Å². The fraction of sp³-hybridized carbons (Fsp3) is 0.562. The highest BCUT2D eigenvalue weighted by Gasteiger charge is 2.42. The van der Waals surface area contributed by atoms with Crippen LogP contribution in [-0.4, -0.2) is 33.5 Å². The summed E-state index contributed by atoms with van der Waals surface area (Å²) < 4.78 is 5.79. The quantitative estimate of drug-likeness (QED) is 0.889. The largest absolute Gasteiger partial charge is 0.431 e. The van der Waals surface area contributed by atoms with Crippen molar-refractivity contribution in [3.63, 3.8) is 0 Å². The molecule has 1 aromatic heterocycles. The number of aromatic nitrogens is 1. The van der Waals surface area contributed by atoms with Gasteiger partial charge in [0.2, 0.25) is 0 Å². The number of hydrogen-bond acceptors (Lipinski definition) is 5. The molecular formula is C16H20N2O2S. The first kappa shape index (κ1) is 13.6. The lowest BCUT2D eigenvalue weighted by Crippen LogP contribution is -2.47. The Balaban J connectivity index is 1.45. The number of para-hydroxylation sites is 2. The van der Waals surface area contributed by atoms with Gasteiger partial charge >= 0.3 is 0 Å². The molecule has 2 atom stereocenters. The molecule has 0 radical (unpaired) electrons. The van der Waals surface area contributed by atoms with E-state index in [4.69, 9.17) is 4.42 Å². The highest BCUT2D eigenvalue weighted by Crippen LogP contribution is 2.41. The van der Waals surface area contributed by atoms with Crippen LogP contribution in [0.5, 0.6) is 0 Å². The summed E-state index contributed by atoms with van der Waals surface area (Å²) in [5.74, 6) is 0. The second kappa shape index (κ2) is 5.30. The summed E-state index contributed by atoms with van der Waals surface area (Å²) in [6.07, 6.45) is 5.64. The molecular weight excluding hydrogens is 284 g/mol. The lowest BCUT2D eigenvalue weighted by molar-refractivity contribution is 0.163. The zero-order valence-electron chi connectivity index (χ0n) is 11.9. The number of aliphatic hydroxyl groups excluding tert-OH is 1. The standard InChI is InChI=1S/C16H20N2O2S/c19-10-16(18-11-5-6-11)8-7-12(9-16)21-15-17-13-3-1-2-4-14(13)20-15/h1-4,11-12,18-19H,5-10H2. The van der Waals surface area contributed by atoms with Gasteiger partial charge in [-0.25, -0.2) is 4.98 Å².